The van der Waals surface area contributed by atoms with Crippen LogP contribution in [0.15, 0.2) is 0 Å². The molecule has 0 heterocycles. The quantitative estimate of drug-likeness (QED) is 0.432. The van der Waals surface area contributed by atoms with E-state index in [4.69, 9.17) is 23.7 Å². The molecule has 0 aromatic carbocycles. The van der Waals surface area contributed by atoms with Crippen LogP contribution in [0.4, 0.5) is 4.79 Å². The molecular weight excluding hydrogens is 350 g/mol. The maximum absolute atomic E-state index is 11.4. The van der Waals surface area contributed by atoms with Crippen LogP contribution in [0, 0.1) is 10.8 Å². The molecule has 7 nitrogen and oxygen atoms in total. The minimum Gasteiger partial charge on any atom is -0.449 e. The molecule has 0 aliphatic carbocycles. The zero-order valence-corrected chi connectivity index (χ0v) is 18.2. The van der Waals surface area contributed by atoms with E-state index in [0.717, 1.165) is 13.0 Å². The molecule has 7 heteroatoms. The van der Waals surface area contributed by atoms with Crippen molar-refractivity contribution in [3.05, 3.63) is 0 Å². The van der Waals surface area contributed by atoms with Gasteiger partial charge in [0.1, 0.15) is 0 Å². The number of ether oxygens (including phenoxy) is 5. The third kappa shape index (κ3) is 23.1. The molecule has 1 N–H and O–H groups in total. The Kier molecular flexibility index (Phi) is 14.6. The smallest absolute Gasteiger partial charge is 0.407 e. The fourth-order valence-electron chi connectivity index (χ4n) is 1.70. The topological polar surface area (TPSA) is 75.3 Å². The summed E-state index contributed by atoms with van der Waals surface area (Å²) in [5, 5.41) is 2.64. The molecule has 0 aliphatic heterocycles. The number of hydrogen-bond donors (Lipinski definition) is 1. The first-order valence-electron chi connectivity index (χ1n) is 9.82. The predicted molar refractivity (Wildman–Crippen MR) is 106 cm³/mol. The molecule has 0 fully saturated rings. The highest BCUT2D eigenvalue weighted by molar-refractivity contribution is 5.67. The second kappa shape index (κ2) is 15.1. The van der Waals surface area contributed by atoms with Crippen molar-refractivity contribution in [1.29, 1.82) is 0 Å². The van der Waals surface area contributed by atoms with Crippen LogP contribution in [0.3, 0.4) is 0 Å². The van der Waals surface area contributed by atoms with Crippen molar-refractivity contribution < 1.29 is 28.5 Å². The summed E-state index contributed by atoms with van der Waals surface area (Å²) in [4.78, 5) is 11.4. The third-order valence-corrected chi connectivity index (χ3v) is 3.26. The van der Waals surface area contributed by atoms with Crippen molar-refractivity contribution in [3.63, 3.8) is 0 Å². The molecule has 0 bridgehead atoms. The number of alkyl carbamates (subject to hydrolysis) is 1. The van der Waals surface area contributed by atoms with Crippen LogP contribution in [0.5, 0.6) is 0 Å². The first-order valence-corrected chi connectivity index (χ1v) is 9.82. The number of amides is 1. The normalized spacial score (nSPS) is 12.2. The van der Waals surface area contributed by atoms with Gasteiger partial charge in [-0.25, -0.2) is 4.79 Å². The van der Waals surface area contributed by atoms with Gasteiger partial charge in [-0.15, -0.1) is 0 Å². The molecule has 0 saturated heterocycles. The van der Waals surface area contributed by atoms with Gasteiger partial charge < -0.3 is 29.0 Å². The van der Waals surface area contributed by atoms with E-state index in [1.807, 2.05) is 20.8 Å². The molecule has 162 valence electrons. The van der Waals surface area contributed by atoms with Gasteiger partial charge in [-0.3, -0.25) is 0 Å². The lowest BCUT2D eigenvalue weighted by Crippen LogP contribution is -2.30. The Morgan fingerprint density at radius 3 is 1.56 bits per heavy atom. The van der Waals surface area contributed by atoms with Crippen molar-refractivity contribution in [2.45, 2.75) is 48.0 Å². The summed E-state index contributed by atoms with van der Waals surface area (Å²) >= 11 is 0. The minimum atomic E-state index is -0.413. The highest BCUT2D eigenvalue weighted by Gasteiger charge is 2.13. The summed E-state index contributed by atoms with van der Waals surface area (Å²) in [6.07, 6.45) is 0.633. The zero-order valence-electron chi connectivity index (χ0n) is 18.2. The number of hydrogen-bond acceptors (Lipinski definition) is 6. The summed E-state index contributed by atoms with van der Waals surface area (Å²) in [6.45, 7) is 17.9. The molecule has 0 aliphatic rings. The van der Waals surface area contributed by atoms with Crippen LogP contribution in [0.25, 0.3) is 0 Å². The lowest BCUT2D eigenvalue weighted by molar-refractivity contribution is -0.00377. The van der Waals surface area contributed by atoms with Crippen LogP contribution >= 0.6 is 0 Å². The fourth-order valence-corrected chi connectivity index (χ4v) is 1.70. The first-order chi connectivity index (χ1) is 12.6. The standard InChI is InChI=1S/C20H41NO6/c1-19(2,3)7-9-23-11-13-25-15-16-26-14-12-24-10-8-21-18(22)27-17-20(4,5)6/h7-17H2,1-6H3,(H,21,22). The van der Waals surface area contributed by atoms with Crippen LogP contribution in [0.2, 0.25) is 0 Å². The molecule has 0 aromatic heterocycles. The Balaban J connectivity index is 3.20. The third-order valence-electron chi connectivity index (χ3n) is 3.26. The molecule has 27 heavy (non-hydrogen) atoms. The van der Waals surface area contributed by atoms with E-state index < -0.39 is 6.09 Å². The second-order valence-electron chi connectivity index (χ2n) is 8.82. The summed E-state index contributed by atoms with van der Waals surface area (Å²) in [6, 6.07) is 0. The van der Waals surface area contributed by atoms with E-state index >= 15 is 0 Å². The van der Waals surface area contributed by atoms with Crippen LogP contribution in [0.1, 0.15) is 48.0 Å². The van der Waals surface area contributed by atoms with Crippen LogP contribution in [-0.4, -0.2) is 72.1 Å². The maximum Gasteiger partial charge on any atom is 0.407 e. The summed E-state index contributed by atoms with van der Waals surface area (Å²) < 4.78 is 26.8. The van der Waals surface area contributed by atoms with Gasteiger partial charge >= 0.3 is 6.09 Å². The summed E-state index contributed by atoms with van der Waals surface area (Å²) in [5.74, 6) is 0. The van der Waals surface area contributed by atoms with Crippen molar-refractivity contribution in [1.82, 2.24) is 5.32 Å². The number of carbonyl (C=O) groups is 1. The van der Waals surface area contributed by atoms with Gasteiger partial charge in [0.25, 0.3) is 0 Å². The number of nitrogens with one attached hydrogen (secondary N) is 1. The lowest BCUT2D eigenvalue weighted by Gasteiger charge is -2.17. The van der Waals surface area contributed by atoms with Gasteiger partial charge in [0, 0.05) is 13.2 Å². The Hall–Kier alpha value is -0.890. The number of carbonyl (C=O) groups excluding carboxylic acids is 1. The molecule has 1 amide bonds. The van der Waals surface area contributed by atoms with Gasteiger partial charge in [-0.05, 0) is 17.3 Å². The fraction of sp³-hybridized carbons (Fsp3) is 0.950. The van der Waals surface area contributed by atoms with Crippen molar-refractivity contribution in [2.24, 2.45) is 10.8 Å². The molecule has 0 saturated carbocycles. The van der Waals surface area contributed by atoms with E-state index in [2.05, 4.69) is 26.1 Å². The second-order valence-corrected chi connectivity index (χ2v) is 8.82. The molecular formula is C20H41NO6. The lowest BCUT2D eigenvalue weighted by atomic mass is 9.93. The minimum absolute atomic E-state index is 0.0336. The van der Waals surface area contributed by atoms with E-state index in [1.54, 1.807) is 0 Å². The van der Waals surface area contributed by atoms with E-state index in [0.29, 0.717) is 64.8 Å². The Labute approximate surface area is 165 Å². The number of rotatable bonds is 15. The highest BCUT2D eigenvalue weighted by atomic mass is 16.6. The predicted octanol–water partition coefficient (Wildman–Crippen LogP) is 3.26. The van der Waals surface area contributed by atoms with Crippen LogP contribution in [-0.2, 0) is 23.7 Å². The van der Waals surface area contributed by atoms with Crippen molar-refractivity contribution >= 4 is 6.09 Å². The molecule has 0 spiro atoms. The molecule has 0 atom stereocenters. The Bertz CT molecular complexity index is 362. The largest absolute Gasteiger partial charge is 0.449 e. The highest BCUT2D eigenvalue weighted by Crippen LogP contribution is 2.17. The van der Waals surface area contributed by atoms with Crippen LogP contribution < -0.4 is 5.32 Å². The average molecular weight is 392 g/mol. The van der Waals surface area contributed by atoms with Gasteiger partial charge in [-0.1, -0.05) is 41.5 Å². The average Bonchev–Trinajstić information content (AvgIpc) is 2.55. The van der Waals surface area contributed by atoms with E-state index in [1.165, 1.54) is 0 Å². The van der Waals surface area contributed by atoms with Gasteiger partial charge in [0.05, 0.1) is 52.9 Å². The molecule has 0 aromatic rings. The van der Waals surface area contributed by atoms with Gasteiger partial charge in [-0.2, -0.15) is 0 Å². The van der Waals surface area contributed by atoms with Crippen molar-refractivity contribution in [2.75, 3.05) is 66.0 Å². The molecule has 0 radical (unpaired) electrons. The Morgan fingerprint density at radius 2 is 1.11 bits per heavy atom. The zero-order chi connectivity index (χ0) is 20.6. The van der Waals surface area contributed by atoms with E-state index in [-0.39, 0.29) is 5.41 Å². The summed E-state index contributed by atoms with van der Waals surface area (Å²) in [7, 11) is 0. The monoisotopic (exact) mass is 391 g/mol. The first kappa shape index (κ1) is 26.1. The SMILES string of the molecule is CC(C)(C)CCOCCOCCOCCOCCNC(=O)OCC(C)(C)C. The Morgan fingerprint density at radius 1 is 0.667 bits per heavy atom. The molecule has 0 rings (SSSR count). The maximum atomic E-state index is 11.4. The molecule has 0 unspecified atom stereocenters. The van der Waals surface area contributed by atoms with Gasteiger partial charge in [0.15, 0.2) is 0 Å². The van der Waals surface area contributed by atoms with E-state index in [9.17, 15) is 4.79 Å². The summed E-state index contributed by atoms with van der Waals surface area (Å²) in [5.41, 5.74) is 0.274. The van der Waals surface area contributed by atoms with Crippen molar-refractivity contribution in [3.8, 4) is 0 Å². The van der Waals surface area contributed by atoms with Gasteiger partial charge in [0.2, 0.25) is 0 Å².